The summed E-state index contributed by atoms with van der Waals surface area (Å²) >= 11 is 7.70. The van der Waals surface area contributed by atoms with Crippen LogP contribution in [0.25, 0.3) is 0 Å². The van der Waals surface area contributed by atoms with E-state index in [1.807, 2.05) is 24.9 Å². The van der Waals surface area contributed by atoms with Crippen molar-refractivity contribution in [2.75, 3.05) is 24.0 Å². The summed E-state index contributed by atoms with van der Waals surface area (Å²) < 4.78 is 13.1. The van der Waals surface area contributed by atoms with Gasteiger partial charge in [0.25, 0.3) is 0 Å². The fraction of sp³-hybridized carbons (Fsp3) is 0.538. The van der Waals surface area contributed by atoms with E-state index < -0.39 is 0 Å². The van der Waals surface area contributed by atoms with Gasteiger partial charge in [-0.15, -0.1) is 11.6 Å². The molecule has 0 heterocycles. The largest absolute Gasteiger partial charge is 0.371 e. The Balaban J connectivity index is 2.97. The second-order valence-electron chi connectivity index (χ2n) is 4.03. The lowest BCUT2D eigenvalue weighted by molar-refractivity contribution is 0.624. The number of thioether (sulfide) groups is 1. The first-order valence-electron chi connectivity index (χ1n) is 5.70. The molecule has 96 valence electrons. The molecule has 17 heavy (non-hydrogen) atoms. The molecule has 0 N–H and O–H groups in total. The van der Waals surface area contributed by atoms with Crippen molar-refractivity contribution < 1.29 is 4.39 Å². The van der Waals surface area contributed by atoms with E-state index in [0.717, 1.165) is 23.4 Å². The van der Waals surface area contributed by atoms with Gasteiger partial charge in [-0.25, -0.2) is 4.39 Å². The first-order valence-corrected chi connectivity index (χ1v) is 7.63. The zero-order valence-electron chi connectivity index (χ0n) is 10.5. The maximum atomic E-state index is 13.1. The van der Waals surface area contributed by atoms with Crippen LogP contribution in [-0.4, -0.2) is 25.1 Å². The minimum Gasteiger partial charge on any atom is -0.371 e. The Morgan fingerprint density at radius 3 is 2.71 bits per heavy atom. The summed E-state index contributed by atoms with van der Waals surface area (Å²) in [5, 5.41) is 0. The normalized spacial score (nSPS) is 12.5. The molecular weight excluding hydrogens is 257 g/mol. The molecule has 1 nitrogen and oxygen atoms in total. The number of hydrogen-bond donors (Lipinski definition) is 0. The monoisotopic (exact) mass is 275 g/mol. The van der Waals surface area contributed by atoms with Crippen molar-refractivity contribution in [3.63, 3.8) is 0 Å². The Kier molecular flexibility index (Phi) is 6.14. The SMILES string of the molecule is CCC(CSC)N(C)c1ccc(F)cc1CCl. The van der Waals surface area contributed by atoms with E-state index in [4.69, 9.17) is 11.6 Å². The lowest BCUT2D eigenvalue weighted by Gasteiger charge is -2.30. The van der Waals surface area contributed by atoms with Gasteiger partial charge in [0.05, 0.1) is 0 Å². The minimum atomic E-state index is -0.226. The Labute approximate surface area is 112 Å². The van der Waals surface area contributed by atoms with E-state index in [-0.39, 0.29) is 5.82 Å². The topological polar surface area (TPSA) is 3.24 Å². The van der Waals surface area contributed by atoms with Crippen LogP contribution in [0, 0.1) is 5.82 Å². The lowest BCUT2D eigenvalue weighted by atomic mass is 10.1. The summed E-state index contributed by atoms with van der Waals surface area (Å²) in [6.45, 7) is 2.17. The predicted octanol–water partition coefficient (Wildman–Crippen LogP) is 4.14. The molecular formula is C13H19ClFNS. The van der Waals surface area contributed by atoms with Crippen molar-refractivity contribution in [2.45, 2.75) is 25.3 Å². The molecule has 0 fully saturated rings. The van der Waals surface area contributed by atoms with Gasteiger partial charge in [-0.1, -0.05) is 6.92 Å². The van der Waals surface area contributed by atoms with Gasteiger partial charge in [-0.05, 0) is 36.4 Å². The molecule has 0 bridgehead atoms. The highest BCUT2D eigenvalue weighted by molar-refractivity contribution is 7.98. The van der Waals surface area contributed by atoms with Crippen molar-refractivity contribution in [3.8, 4) is 0 Å². The Morgan fingerprint density at radius 2 is 2.18 bits per heavy atom. The highest BCUT2D eigenvalue weighted by Crippen LogP contribution is 2.25. The van der Waals surface area contributed by atoms with Gasteiger partial charge < -0.3 is 4.90 Å². The molecule has 0 aliphatic carbocycles. The predicted molar refractivity (Wildman–Crippen MR) is 76.8 cm³/mol. The van der Waals surface area contributed by atoms with Crippen molar-refractivity contribution in [1.29, 1.82) is 0 Å². The number of nitrogens with zero attached hydrogens (tertiary/aromatic N) is 1. The molecule has 0 saturated carbocycles. The molecule has 1 aromatic carbocycles. The van der Waals surface area contributed by atoms with Crippen molar-refractivity contribution in [3.05, 3.63) is 29.6 Å². The number of hydrogen-bond acceptors (Lipinski definition) is 2. The summed E-state index contributed by atoms with van der Waals surface area (Å²) in [6, 6.07) is 5.28. The van der Waals surface area contributed by atoms with Crippen molar-refractivity contribution in [2.24, 2.45) is 0 Å². The summed E-state index contributed by atoms with van der Waals surface area (Å²) in [6.07, 6.45) is 3.17. The van der Waals surface area contributed by atoms with Crippen LogP contribution in [0.4, 0.5) is 10.1 Å². The first-order chi connectivity index (χ1) is 8.13. The van der Waals surface area contributed by atoms with Gasteiger partial charge in [0, 0.05) is 30.4 Å². The number of alkyl halides is 1. The smallest absolute Gasteiger partial charge is 0.123 e. The third kappa shape index (κ3) is 3.78. The van der Waals surface area contributed by atoms with Gasteiger partial charge in [0.15, 0.2) is 0 Å². The summed E-state index contributed by atoms with van der Waals surface area (Å²) in [4.78, 5) is 2.20. The van der Waals surface area contributed by atoms with Crippen molar-refractivity contribution in [1.82, 2.24) is 0 Å². The van der Waals surface area contributed by atoms with Gasteiger partial charge in [0.1, 0.15) is 5.82 Å². The molecule has 4 heteroatoms. The molecule has 1 unspecified atom stereocenters. The zero-order valence-corrected chi connectivity index (χ0v) is 12.1. The van der Waals surface area contributed by atoms with Crippen LogP contribution < -0.4 is 4.90 Å². The van der Waals surface area contributed by atoms with Gasteiger partial charge in [-0.2, -0.15) is 11.8 Å². The number of rotatable bonds is 6. The molecule has 0 amide bonds. The first kappa shape index (κ1) is 14.7. The second kappa shape index (κ2) is 7.12. The molecule has 0 spiro atoms. The minimum absolute atomic E-state index is 0.226. The van der Waals surface area contributed by atoms with Gasteiger partial charge in [0.2, 0.25) is 0 Å². The zero-order chi connectivity index (χ0) is 12.8. The summed E-state index contributed by atoms with van der Waals surface area (Å²) in [7, 11) is 2.05. The molecule has 1 atom stereocenters. The van der Waals surface area contributed by atoms with E-state index in [0.29, 0.717) is 11.9 Å². The van der Waals surface area contributed by atoms with Crippen LogP contribution in [0.1, 0.15) is 18.9 Å². The van der Waals surface area contributed by atoms with E-state index in [2.05, 4.69) is 18.1 Å². The van der Waals surface area contributed by atoms with E-state index >= 15 is 0 Å². The van der Waals surface area contributed by atoms with Crippen LogP contribution in [0.2, 0.25) is 0 Å². The standard InChI is InChI=1S/C13H19ClFNS/c1-4-12(9-17-3)16(2)13-6-5-11(15)7-10(13)8-14/h5-7,12H,4,8-9H2,1-3H3. The highest BCUT2D eigenvalue weighted by Gasteiger charge is 2.15. The maximum Gasteiger partial charge on any atom is 0.123 e. The Bertz CT molecular complexity index is 359. The molecule has 0 aliphatic heterocycles. The van der Waals surface area contributed by atoms with Crippen LogP contribution in [0.3, 0.4) is 0 Å². The molecule has 0 saturated heterocycles. The Morgan fingerprint density at radius 1 is 1.47 bits per heavy atom. The van der Waals surface area contributed by atoms with E-state index in [1.165, 1.54) is 12.1 Å². The van der Waals surface area contributed by atoms with Crippen LogP contribution in [0.15, 0.2) is 18.2 Å². The third-order valence-corrected chi connectivity index (χ3v) is 3.95. The van der Waals surface area contributed by atoms with E-state index in [9.17, 15) is 4.39 Å². The average Bonchev–Trinajstić information content (AvgIpc) is 2.34. The fourth-order valence-corrected chi connectivity index (χ4v) is 2.96. The fourth-order valence-electron chi connectivity index (χ4n) is 1.90. The molecule has 0 aromatic heterocycles. The highest BCUT2D eigenvalue weighted by atomic mass is 35.5. The quantitative estimate of drug-likeness (QED) is 0.718. The molecule has 1 aromatic rings. The van der Waals surface area contributed by atoms with Crippen LogP contribution in [-0.2, 0) is 5.88 Å². The Hall–Kier alpha value is -0.410. The maximum absolute atomic E-state index is 13.1. The third-order valence-electron chi connectivity index (χ3n) is 2.94. The molecule has 1 rings (SSSR count). The number of anilines is 1. The van der Waals surface area contributed by atoms with E-state index in [1.54, 1.807) is 0 Å². The van der Waals surface area contributed by atoms with Crippen LogP contribution >= 0.6 is 23.4 Å². The second-order valence-corrected chi connectivity index (χ2v) is 5.21. The van der Waals surface area contributed by atoms with Crippen LogP contribution in [0.5, 0.6) is 0 Å². The number of halogens is 2. The summed E-state index contributed by atoms with van der Waals surface area (Å²) in [5.74, 6) is 1.18. The lowest BCUT2D eigenvalue weighted by Crippen LogP contribution is -2.33. The van der Waals surface area contributed by atoms with Gasteiger partial charge in [-0.3, -0.25) is 0 Å². The van der Waals surface area contributed by atoms with Crippen molar-refractivity contribution >= 4 is 29.1 Å². The molecule has 0 radical (unpaired) electrons. The average molecular weight is 276 g/mol. The molecule has 0 aliphatic rings. The number of benzene rings is 1. The van der Waals surface area contributed by atoms with Gasteiger partial charge >= 0.3 is 0 Å². The summed E-state index contributed by atoms with van der Waals surface area (Å²) in [5.41, 5.74) is 1.89.